The Hall–Kier alpha value is -3.06. The SMILES string of the molecule is CCCCc1ccc2nc(NC(=O)/C=C/c3cccc([N+](=O)[O-])c3)sc2c1. The molecule has 0 radical (unpaired) electrons. The lowest BCUT2D eigenvalue weighted by molar-refractivity contribution is -0.384. The molecule has 0 saturated heterocycles. The van der Waals surface area contributed by atoms with Gasteiger partial charge in [0.05, 0.1) is 15.1 Å². The minimum absolute atomic E-state index is 0.0115. The summed E-state index contributed by atoms with van der Waals surface area (Å²) in [7, 11) is 0. The minimum Gasteiger partial charge on any atom is -0.298 e. The third-order valence-corrected chi connectivity index (χ3v) is 4.94. The van der Waals surface area contributed by atoms with Gasteiger partial charge in [0.1, 0.15) is 0 Å². The van der Waals surface area contributed by atoms with E-state index in [1.807, 2.05) is 6.07 Å². The fraction of sp³-hybridized carbons (Fsp3) is 0.200. The summed E-state index contributed by atoms with van der Waals surface area (Å²) in [6.07, 6.45) is 6.23. The Morgan fingerprint density at radius 3 is 2.93 bits per heavy atom. The van der Waals surface area contributed by atoms with Gasteiger partial charge >= 0.3 is 0 Å². The Morgan fingerprint density at radius 2 is 2.15 bits per heavy atom. The molecule has 1 N–H and O–H groups in total. The summed E-state index contributed by atoms with van der Waals surface area (Å²) in [5.74, 6) is -0.327. The van der Waals surface area contributed by atoms with Crippen LogP contribution < -0.4 is 5.32 Å². The molecule has 0 fully saturated rings. The molecule has 0 aliphatic carbocycles. The van der Waals surface area contributed by atoms with E-state index in [4.69, 9.17) is 0 Å². The van der Waals surface area contributed by atoms with E-state index in [1.165, 1.54) is 35.1 Å². The highest BCUT2D eigenvalue weighted by atomic mass is 32.1. The first kappa shape index (κ1) is 18.7. The maximum atomic E-state index is 12.1. The van der Waals surface area contributed by atoms with Crippen LogP contribution in [0.15, 0.2) is 48.5 Å². The van der Waals surface area contributed by atoms with Crippen molar-refractivity contribution >= 4 is 44.4 Å². The standard InChI is InChI=1S/C20H19N3O3S/c1-2-3-5-15-8-10-17-18(13-15)27-20(21-17)22-19(24)11-9-14-6-4-7-16(12-14)23(25)26/h4,6-13H,2-3,5H2,1H3,(H,21,22,24)/b11-9+. The van der Waals surface area contributed by atoms with Gasteiger partial charge in [-0.3, -0.25) is 20.2 Å². The molecule has 0 saturated carbocycles. The summed E-state index contributed by atoms with van der Waals surface area (Å²) < 4.78 is 1.04. The number of amides is 1. The normalized spacial score (nSPS) is 11.1. The maximum Gasteiger partial charge on any atom is 0.270 e. The lowest BCUT2D eigenvalue weighted by atomic mass is 10.1. The second-order valence-corrected chi connectivity index (χ2v) is 7.13. The molecule has 0 spiro atoms. The van der Waals surface area contributed by atoms with Gasteiger partial charge in [0.25, 0.3) is 5.69 Å². The van der Waals surface area contributed by atoms with Crippen LogP contribution in [0.1, 0.15) is 30.9 Å². The molecule has 0 unspecified atom stereocenters. The molecule has 1 aromatic heterocycles. The van der Waals surface area contributed by atoms with Gasteiger partial charge in [0.15, 0.2) is 5.13 Å². The number of fused-ring (bicyclic) bond motifs is 1. The van der Waals surface area contributed by atoms with Crippen LogP contribution in [-0.2, 0) is 11.2 Å². The van der Waals surface area contributed by atoms with Gasteiger partial charge in [0, 0.05) is 18.2 Å². The van der Waals surface area contributed by atoms with Crippen molar-refractivity contribution in [2.24, 2.45) is 0 Å². The van der Waals surface area contributed by atoms with Crippen molar-refractivity contribution in [2.45, 2.75) is 26.2 Å². The van der Waals surface area contributed by atoms with E-state index in [0.717, 1.165) is 29.5 Å². The van der Waals surface area contributed by atoms with Gasteiger partial charge in [-0.1, -0.05) is 42.9 Å². The summed E-state index contributed by atoms with van der Waals surface area (Å²) in [5, 5.41) is 14.1. The predicted octanol–water partition coefficient (Wildman–Crippen LogP) is 5.20. The Bertz CT molecular complexity index is 1010. The van der Waals surface area contributed by atoms with E-state index < -0.39 is 4.92 Å². The molecular formula is C20H19N3O3S. The average Bonchev–Trinajstić information content (AvgIpc) is 3.06. The summed E-state index contributed by atoms with van der Waals surface area (Å²) in [6.45, 7) is 2.17. The fourth-order valence-electron chi connectivity index (χ4n) is 2.62. The van der Waals surface area contributed by atoms with E-state index in [2.05, 4.69) is 29.4 Å². The number of nitrogens with one attached hydrogen (secondary N) is 1. The highest BCUT2D eigenvalue weighted by Gasteiger charge is 2.08. The first-order valence-electron chi connectivity index (χ1n) is 8.68. The summed E-state index contributed by atoms with van der Waals surface area (Å²) in [4.78, 5) is 26.9. The number of carbonyl (C=O) groups is 1. The topological polar surface area (TPSA) is 85.1 Å². The maximum absolute atomic E-state index is 12.1. The van der Waals surface area contributed by atoms with Crippen molar-refractivity contribution < 1.29 is 9.72 Å². The number of non-ortho nitro benzene ring substituents is 1. The molecule has 138 valence electrons. The first-order chi connectivity index (χ1) is 13.0. The third-order valence-electron chi connectivity index (χ3n) is 4.01. The summed E-state index contributed by atoms with van der Waals surface area (Å²) >= 11 is 1.44. The van der Waals surface area contributed by atoms with Gasteiger partial charge in [-0.25, -0.2) is 4.98 Å². The minimum atomic E-state index is -0.465. The van der Waals surface area contributed by atoms with Crippen molar-refractivity contribution in [3.05, 3.63) is 69.8 Å². The van der Waals surface area contributed by atoms with Gasteiger partial charge in [-0.05, 0) is 42.2 Å². The number of benzene rings is 2. The van der Waals surface area contributed by atoms with Crippen molar-refractivity contribution in [1.29, 1.82) is 0 Å². The number of nitrogens with zero attached hydrogens (tertiary/aromatic N) is 2. The number of hydrogen-bond acceptors (Lipinski definition) is 5. The van der Waals surface area contributed by atoms with Crippen LogP contribution in [0, 0.1) is 10.1 Å². The van der Waals surface area contributed by atoms with Gasteiger partial charge in [-0.15, -0.1) is 0 Å². The number of nitro groups is 1. The second kappa shape index (κ2) is 8.55. The van der Waals surface area contributed by atoms with Gasteiger partial charge < -0.3 is 0 Å². The van der Waals surface area contributed by atoms with Crippen LogP contribution in [-0.4, -0.2) is 15.8 Å². The van der Waals surface area contributed by atoms with Gasteiger partial charge in [-0.2, -0.15) is 0 Å². The number of unbranched alkanes of at least 4 members (excludes halogenated alkanes) is 1. The van der Waals surface area contributed by atoms with Crippen LogP contribution in [0.25, 0.3) is 16.3 Å². The largest absolute Gasteiger partial charge is 0.298 e. The Morgan fingerprint density at radius 1 is 1.30 bits per heavy atom. The lowest BCUT2D eigenvalue weighted by Crippen LogP contribution is -2.07. The van der Waals surface area contributed by atoms with Crippen molar-refractivity contribution in [1.82, 2.24) is 4.98 Å². The number of aryl methyl sites for hydroxylation is 1. The smallest absolute Gasteiger partial charge is 0.270 e. The molecule has 3 rings (SSSR count). The number of anilines is 1. The molecule has 2 aromatic carbocycles. The zero-order valence-electron chi connectivity index (χ0n) is 14.8. The predicted molar refractivity (Wildman–Crippen MR) is 109 cm³/mol. The molecular weight excluding hydrogens is 362 g/mol. The molecule has 0 aliphatic rings. The third kappa shape index (κ3) is 4.98. The van der Waals surface area contributed by atoms with Crippen LogP contribution >= 0.6 is 11.3 Å². The van der Waals surface area contributed by atoms with E-state index in [-0.39, 0.29) is 11.6 Å². The second-order valence-electron chi connectivity index (χ2n) is 6.10. The fourth-order valence-corrected chi connectivity index (χ4v) is 3.55. The zero-order valence-corrected chi connectivity index (χ0v) is 15.7. The molecule has 0 atom stereocenters. The lowest BCUT2D eigenvalue weighted by Gasteiger charge is -1.98. The van der Waals surface area contributed by atoms with E-state index in [9.17, 15) is 14.9 Å². The monoisotopic (exact) mass is 381 g/mol. The molecule has 7 heteroatoms. The molecule has 3 aromatic rings. The molecule has 27 heavy (non-hydrogen) atoms. The van der Waals surface area contributed by atoms with Crippen LogP contribution in [0.5, 0.6) is 0 Å². The van der Waals surface area contributed by atoms with E-state index >= 15 is 0 Å². The van der Waals surface area contributed by atoms with Crippen molar-refractivity contribution in [2.75, 3.05) is 5.32 Å². The number of thiazole rings is 1. The number of nitro benzene ring substituents is 1. The molecule has 1 amide bonds. The number of aromatic nitrogens is 1. The first-order valence-corrected chi connectivity index (χ1v) is 9.50. The van der Waals surface area contributed by atoms with Crippen LogP contribution in [0.3, 0.4) is 0 Å². The van der Waals surface area contributed by atoms with Crippen LogP contribution in [0.4, 0.5) is 10.8 Å². The molecule has 0 aliphatic heterocycles. The number of hydrogen-bond donors (Lipinski definition) is 1. The quantitative estimate of drug-likeness (QED) is 0.346. The summed E-state index contributed by atoms with van der Waals surface area (Å²) in [5.41, 5.74) is 2.71. The van der Waals surface area contributed by atoms with Crippen molar-refractivity contribution in [3.8, 4) is 0 Å². The number of carbonyl (C=O) groups excluding carboxylic acids is 1. The molecule has 6 nitrogen and oxygen atoms in total. The Balaban J connectivity index is 1.68. The number of rotatable bonds is 7. The van der Waals surface area contributed by atoms with Gasteiger partial charge in [0.2, 0.25) is 5.91 Å². The van der Waals surface area contributed by atoms with Crippen molar-refractivity contribution in [3.63, 3.8) is 0 Å². The summed E-state index contributed by atoms with van der Waals surface area (Å²) in [6, 6.07) is 12.3. The molecule has 1 heterocycles. The van der Waals surface area contributed by atoms with E-state index in [0.29, 0.717) is 10.7 Å². The van der Waals surface area contributed by atoms with E-state index in [1.54, 1.807) is 18.2 Å². The molecule has 0 bridgehead atoms. The zero-order chi connectivity index (χ0) is 19.2. The Kier molecular flexibility index (Phi) is 5.93. The highest BCUT2D eigenvalue weighted by molar-refractivity contribution is 7.22. The highest BCUT2D eigenvalue weighted by Crippen LogP contribution is 2.27. The Labute approximate surface area is 160 Å². The average molecular weight is 381 g/mol. The van der Waals surface area contributed by atoms with Crippen LogP contribution in [0.2, 0.25) is 0 Å².